The topological polar surface area (TPSA) is 47.9 Å². The van der Waals surface area contributed by atoms with Crippen LogP contribution in [0.25, 0.3) is 5.57 Å². The van der Waals surface area contributed by atoms with Crippen LogP contribution < -0.4 is 15.2 Å². The van der Waals surface area contributed by atoms with Gasteiger partial charge in [-0.15, -0.1) is 0 Å². The molecular formula is C24H30N4O. The Labute approximate surface area is 173 Å². The van der Waals surface area contributed by atoms with Gasteiger partial charge in [-0.1, -0.05) is 12.1 Å². The zero-order valence-electron chi connectivity index (χ0n) is 18.4. The van der Waals surface area contributed by atoms with E-state index in [-0.39, 0.29) is 11.4 Å². The van der Waals surface area contributed by atoms with Crippen molar-refractivity contribution in [3.63, 3.8) is 0 Å². The molecule has 0 saturated carbocycles. The van der Waals surface area contributed by atoms with Gasteiger partial charge in [-0.2, -0.15) is 5.10 Å². The molecule has 3 rings (SSSR count). The molecular weight excluding hydrogens is 360 g/mol. The summed E-state index contributed by atoms with van der Waals surface area (Å²) in [4.78, 5) is 16.7. The number of amides is 1. The van der Waals surface area contributed by atoms with Crippen molar-refractivity contribution < 1.29 is 4.79 Å². The second-order valence-corrected chi connectivity index (χ2v) is 8.41. The van der Waals surface area contributed by atoms with Crippen LogP contribution in [0.5, 0.6) is 0 Å². The smallest absolute Gasteiger partial charge is 0.271 e. The Morgan fingerprint density at radius 2 is 1.90 bits per heavy atom. The number of carbonyl (C=O) groups excluding carboxylic acids is 1. The third-order valence-electron chi connectivity index (χ3n) is 5.60. The number of hydrazone groups is 1. The molecule has 5 nitrogen and oxygen atoms in total. The molecule has 0 bridgehead atoms. The van der Waals surface area contributed by atoms with Crippen molar-refractivity contribution in [2.45, 2.75) is 33.2 Å². The number of likely N-dealkylation sites (N-methyl/N-ethyl adjacent to an activating group) is 1. The van der Waals surface area contributed by atoms with Gasteiger partial charge in [-0.25, -0.2) is 5.43 Å². The minimum Gasteiger partial charge on any atom is -0.378 e. The average molecular weight is 391 g/mol. The van der Waals surface area contributed by atoms with Crippen molar-refractivity contribution in [3.05, 3.63) is 64.7 Å². The lowest BCUT2D eigenvalue weighted by molar-refractivity contribution is 0.0955. The van der Waals surface area contributed by atoms with Gasteiger partial charge >= 0.3 is 0 Å². The maximum absolute atomic E-state index is 12.4. The van der Waals surface area contributed by atoms with Crippen LogP contribution >= 0.6 is 0 Å². The van der Waals surface area contributed by atoms with Gasteiger partial charge in [0.1, 0.15) is 0 Å². The van der Waals surface area contributed by atoms with Crippen molar-refractivity contribution in [3.8, 4) is 0 Å². The quantitative estimate of drug-likeness (QED) is 0.619. The first-order chi connectivity index (χ1) is 13.6. The average Bonchev–Trinajstić information content (AvgIpc) is 2.66. The van der Waals surface area contributed by atoms with Gasteiger partial charge in [-0.3, -0.25) is 4.79 Å². The van der Waals surface area contributed by atoms with Gasteiger partial charge in [0, 0.05) is 43.6 Å². The van der Waals surface area contributed by atoms with Crippen molar-refractivity contribution in [2.24, 2.45) is 5.10 Å². The zero-order chi connectivity index (χ0) is 21.3. The fraction of sp³-hybridized carbons (Fsp3) is 0.333. The van der Waals surface area contributed by atoms with Crippen LogP contribution in [0.4, 0.5) is 11.4 Å². The van der Waals surface area contributed by atoms with E-state index in [0.29, 0.717) is 5.56 Å². The molecule has 1 N–H and O–H groups in total. The van der Waals surface area contributed by atoms with Crippen LogP contribution in [0.1, 0.15) is 47.8 Å². The van der Waals surface area contributed by atoms with Crippen LogP contribution in [0.2, 0.25) is 0 Å². The summed E-state index contributed by atoms with van der Waals surface area (Å²) in [6.07, 6.45) is 4.00. The number of benzene rings is 2. The van der Waals surface area contributed by atoms with Crippen molar-refractivity contribution in [1.82, 2.24) is 5.43 Å². The minimum absolute atomic E-state index is 0.0196. The highest BCUT2D eigenvalue weighted by Crippen LogP contribution is 2.38. The molecule has 2 aromatic carbocycles. The summed E-state index contributed by atoms with van der Waals surface area (Å²) < 4.78 is 0. The Bertz CT molecular complexity index is 1000. The predicted molar refractivity (Wildman–Crippen MR) is 123 cm³/mol. The Morgan fingerprint density at radius 3 is 2.59 bits per heavy atom. The largest absolute Gasteiger partial charge is 0.378 e. The third kappa shape index (κ3) is 4.19. The van der Waals surface area contributed by atoms with Crippen LogP contribution in [0.3, 0.4) is 0 Å². The molecule has 0 saturated heterocycles. The van der Waals surface area contributed by atoms with E-state index >= 15 is 0 Å². The number of carbonyl (C=O) groups is 1. The summed E-state index contributed by atoms with van der Waals surface area (Å²) in [5.41, 5.74) is 9.96. The van der Waals surface area contributed by atoms with E-state index < -0.39 is 0 Å². The number of rotatable bonds is 4. The lowest BCUT2D eigenvalue weighted by atomic mass is 9.87. The van der Waals surface area contributed by atoms with E-state index in [0.717, 1.165) is 16.8 Å². The van der Waals surface area contributed by atoms with Gasteiger partial charge in [0.25, 0.3) is 5.91 Å². The normalized spacial score (nSPS) is 15.1. The van der Waals surface area contributed by atoms with Gasteiger partial charge in [0.15, 0.2) is 0 Å². The maximum Gasteiger partial charge on any atom is 0.271 e. The number of hydrogen-bond donors (Lipinski definition) is 1. The van der Waals surface area contributed by atoms with E-state index in [1.54, 1.807) is 12.3 Å². The molecule has 1 aliphatic heterocycles. The number of anilines is 2. The number of hydrogen-bond acceptors (Lipinski definition) is 4. The molecule has 0 radical (unpaired) electrons. The van der Waals surface area contributed by atoms with Crippen molar-refractivity contribution in [2.75, 3.05) is 30.9 Å². The highest BCUT2D eigenvalue weighted by Gasteiger charge is 2.28. The van der Waals surface area contributed by atoms with E-state index in [9.17, 15) is 4.79 Å². The number of aryl methyl sites for hydroxylation is 1. The second kappa shape index (κ2) is 7.74. The summed E-state index contributed by atoms with van der Waals surface area (Å²) in [6, 6.07) is 11.8. The Kier molecular flexibility index (Phi) is 5.51. The molecule has 2 aromatic rings. The molecule has 0 atom stereocenters. The monoisotopic (exact) mass is 390 g/mol. The second-order valence-electron chi connectivity index (χ2n) is 8.41. The molecule has 29 heavy (non-hydrogen) atoms. The molecule has 0 unspecified atom stereocenters. The third-order valence-corrected chi connectivity index (χ3v) is 5.60. The van der Waals surface area contributed by atoms with Gasteiger partial charge < -0.3 is 9.80 Å². The van der Waals surface area contributed by atoms with E-state index in [2.05, 4.69) is 68.4 Å². The summed E-state index contributed by atoms with van der Waals surface area (Å²) in [7, 11) is 6.02. The van der Waals surface area contributed by atoms with Crippen molar-refractivity contribution in [1.29, 1.82) is 0 Å². The maximum atomic E-state index is 12.4. The molecule has 5 heteroatoms. The molecule has 1 amide bonds. The fourth-order valence-corrected chi connectivity index (χ4v) is 3.61. The van der Waals surface area contributed by atoms with E-state index in [1.165, 1.54) is 16.8 Å². The SMILES string of the molecule is CC1=CC(C)(C)N(C)c2cc(C)c(/C=N\NC(=O)c3cccc(N(C)C)c3)cc21. The zero-order valence-corrected chi connectivity index (χ0v) is 18.4. The van der Waals surface area contributed by atoms with Crippen LogP contribution in [0.15, 0.2) is 47.6 Å². The molecule has 1 heterocycles. The predicted octanol–water partition coefficient (Wildman–Crippen LogP) is 4.46. The van der Waals surface area contributed by atoms with Crippen LogP contribution in [0, 0.1) is 6.92 Å². The number of nitrogens with one attached hydrogen (secondary N) is 1. The van der Waals surface area contributed by atoms with Gasteiger partial charge in [0.2, 0.25) is 0 Å². The van der Waals surface area contributed by atoms with Gasteiger partial charge in [0.05, 0.1) is 11.8 Å². The van der Waals surface area contributed by atoms with Crippen LogP contribution in [-0.4, -0.2) is 38.8 Å². The first-order valence-corrected chi connectivity index (χ1v) is 9.79. The molecule has 1 aliphatic rings. The van der Waals surface area contributed by atoms with Crippen molar-refractivity contribution >= 4 is 29.1 Å². The highest BCUT2D eigenvalue weighted by molar-refractivity contribution is 5.96. The lowest BCUT2D eigenvalue weighted by Crippen LogP contribution is -2.42. The first-order valence-electron chi connectivity index (χ1n) is 9.79. The summed E-state index contributed by atoms with van der Waals surface area (Å²) >= 11 is 0. The highest BCUT2D eigenvalue weighted by atomic mass is 16.2. The van der Waals surface area contributed by atoms with E-state index in [4.69, 9.17) is 0 Å². The summed E-state index contributed by atoms with van der Waals surface area (Å²) in [5, 5.41) is 4.20. The van der Waals surface area contributed by atoms with Crippen LogP contribution in [-0.2, 0) is 0 Å². The number of fused-ring (bicyclic) bond motifs is 1. The molecule has 0 aliphatic carbocycles. The van der Waals surface area contributed by atoms with Gasteiger partial charge in [-0.05, 0) is 74.7 Å². The standard InChI is InChI=1S/C24H30N4O/c1-16-11-22-21(17(2)14-24(3,4)28(22)7)13-19(16)15-25-26-23(29)18-9-8-10-20(12-18)27(5)6/h8-15H,1-7H3,(H,26,29)/b25-15-. The number of allylic oxidation sites excluding steroid dienone is 1. The lowest BCUT2D eigenvalue weighted by Gasteiger charge is -2.41. The Morgan fingerprint density at radius 1 is 1.17 bits per heavy atom. The summed E-state index contributed by atoms with van der Waals surface area (Å²) in [5.74, 6) is -0.224. The molecule has 152 valence electrons. The van der Waals surface area contributed by atoms with E-state index in [1.807, 2.05) is 37.2 Å². The molecule has 0 spiro atoms. The molecule has 0 fully saturated rings. The first kappa shape index (κ1) is 20.6. The Balaban J connectivity index is 1.81. The summed E-state index contributed by atoms with van der Waals surface area (Å²) in [6.45, 7) is 8.64. The minimum atomic E-state index is -0.224. The number of nitrogens with zero attached hydrogens (tertiary/aromatic N) is 3. The molecule has 0 aromatic heterocycles. The Hall–Kier alpha value is -3.08. The fourth-order valence-electron chi connectivity index (χ4n) is 3.61.